The molecule has 0 aliphatic heterocycles. The lowest BCUT2D eigenvalue weighted by Gasteiger charge is -2.09. The molecule has 0 spiro atoms. The maximum atomic E-state index is 5.80. The van der Waals surface area contributed by atoms with Gasteiger partial charge in [0, 0.05) is 10.9 Å². The van der Waals surface area contributed by atoms with E-state index in [0.29, 0.717) is 13.2 Å². The number of para-hydroxylation sites is 1. The molecule has 0 fully saturated rings. The zero-order valence-electron chi connectivity index (χ0n) is 12.1. The number of aromatic nitrogens is 2. The summed E-state index contributed by atoms with van der Waals surface area (Å²) in [6.07, 6.45) is 1.58. The van der Waals surface area contributed by atoms with Crippen LogP contribution in [0.2, 0.25) is 0 Å². The molecule has 0 unspecified atom stereocenters. The van der Waals surface area contributed by atoms with Crippen LogP contribution < -0.4 is 10.1 Å². The maximum absolute atomic E-state index is 5.80. The van der Waals surface area contributed by atoms with E-state index in [9.17, 15) is 0 Å². The van der Waals surface area contributed by atoms with Crippen LogP contribution in [0.15, 0.2) is 36.0 Å². The fourth-order valence-corrected chi connectivity index (χ4v) is 3.03. The Labute approximate surface area is 127 Å². The Bertz CT molecular complexity index is 749. The second kappa shape index (κ2) is 6.10. The average Bonchev–Trinajstić information content (AvgIpc) is 2.83. The predicted molar refractivity (Wildman–Crippen MR) is 87.3 cm³/mol. The minimum absolute atomic E-state index is 0.610. The zero-order valence-corrected chi connectivity index (χ0v) is 12.9. The van der Waals surface area contributed by atoms with E-state index < -0.39 is 0 Å². The Morgan fingerprint density at radius 2 is 2.05 bits per heavy atom. The monoisotopic (exact) mass is 299 g/mol. The Morgan fingerprint density at radius 3 is 2.86 bits per heavy atom. The van der Waals surface area contributed by atoms with Gasteiger partial charge in [-0.3, -0.25) is 0 Å². The molecule has 4 nitrogen and oxygen atoms in total. The van der Waals surface area contributed by atoms with E-state index in [2.05, 4.69) is 34.5 Å². The molecule has 0 bridgehead atoms. The molecule has 21 heavy (non-hydrogen) atoms. The van der Waals surface area contributed by atoms with E-state index in [4.69, 9.17) is 4.74 Å². The van der Waals surface area contributed by atoms with Crippen molar-refractivity contribution in [3.8, 4) is 5.06 Å². The molecule has 0 radical (unpaired) electrons. The lowest BCUT2D eigenvalue weighted by molar-refractivity contribution is 0.340. The van der Waals surface area contributed by atoms with E-state index in [1.807, 2.05) is 24.3 Å². The molecule has 0 aliphatic rings. The number of nitrogens with one attached hydrogen (secondary N) is 1. The summed E-state index contributed by atoms with van der Waals surface area (Å²) in [6, 6.07) is 7.97. The van der Waals surface area contributed by atoms with E-state index >= 15 is 0 Å². The van der Waals surface area contributed by atoms with Crippen molar-refractivity contribution >= 4 is 28.1 Å². The summed E-state index contributed by atoms with van der Waals surface area (Å²) < 4.78 is 5.80. The minimum Gasteiger partial charge on any atom is -0.482 e. The summed E-state index contributed by atoms with van der Waals surface area (Å²) in [6.45, 7) is 5.51. The van der Waals surface area contributed by atoms with Gasteiger partial charge in [0.15, 0.2) is 5.06 Å². The molecule has 0 atom stereocenters. The Hall–Kier alpha value is -2.14. The maximum Gasteiger partial charge on any atom is 0.177 e. The molecular weight excluding hydrogens is 282 g/mol. The molecule has 3 aromatic rings. The van der Waals surface area contributed by atoms with Crippen molar-refractivity contribution in [3.05, 3.63) is 47.1 Å². The number of aryl methyl sites for hydroxylation is 1. The van der Waals surface area contributed by atoms with Crippen LogP contribution in [-0.4, -0.2) is 23.1 Å². The molecule has 3 rings (SSSR count). The first-order valence-corrected chi connectivity index (χ1v) is 7.75. The molecule has 0 saturated carbocycles. The van der Waals surface area contributed by atoms with E-state index in [1.165, 1.54) is 11.1 Å². The summed E-state index contributed by atoms with van der Waals surface area (Å²) in [5, 5.41) is 7.47. The highest BCUT2D eigenvalue weighted by molar-refractivity contribution is 7.12. The summed E-state index contributed by atoms with van der Waals surface area (Å²) in [5.41, 5.74) is 3.46. The summed E-state index contributed by atoms with van der Waals surface area (Å²) >= 11 is 1.65. The fraction of sp³-hybridized carbons (Fsp3) is 0.250. The number of fused-ring (bicyclic) bond motifs is 1. The van der Waals surface area contributed by atoms with Crippen molar-refractivity contribution in [1.29, 1.82) is 0 Å². The van der Waals surface area contributed by atoms with Crippen molar-refractivity contribution in [2.45, 2.75) is 13.8 Å². The van der Waals surface area contributed by atoms with Crippen LogP contribution in [0.25, 0.3) is 10.9 Å². The van der Waals surface area contributed by atoms with Gasteiger partial charge in [-0.15, -0.1) is 11.3 Å². The molecule has 2 aromatic heterocycles. The highest BCUT2D eigenvalue weighted by atomic mass is 32.1. The smallest absolute Gasteiger partial charge is 0.177 e. The molecule has 5 heteroatoms. The van der Waals surface area contributed by atoms with Crippen molar-refractivity contribution < 1.29 is 4.74 Å². The SMILES string of the molecule is Cc1csc(OCCNc2ncnc3ccccc23)c1C. The Morgan fingerprint density at radius 1 is 1.19 bits per heavy atom. The number of rotatable bonds is 5. The highest BCUT2D eigenvalue weighted by Gasteiger charge is 2.05. The molecule has 108 valence electrons. The minimum atomic E-state index is 0.610. The van der Waals surface area contributed by atoms with Crippen LogP contribution in [0, 0.1) is 13.8 Å². The summed E-state index contributed by atoms with van der Waals surface area (Å²) in [5.74, 6) is 0.850. The van der Waals surface area contributed by atoms with Crippen molar-refractivity contribution in [1.82, 2.24) is 9.97 Å². The first kappa shape index (κ1) is 13.8. The molecular formula is C16H17N3OS. The van der Waals surface area contributed by atoms with Gasteiger partial charge in [0.2, 0.25) is 0 Å². The van der Waals surface area contributed by atoms with Gasteiger partial charge < -0.3 is 10.1 Å². The largest absolute Gasteiger partial charge is 0.482 e. The van der Waals surface area contributed by atoms with E-state index in [-0.39, 0.29) is 0 Å². The van der Waals surface area contributed by atoms with E-state index in [0.717, 1.165) is 21.8 Å². The second-order valence-electron chi connectivity index (χ2n) is 4.85. The lowest BCUT2D eigenvalue weighted by Crippen LogP contribution is -2.12. The van der Waals surface area contributed by atoms with Gasteiger partial charge in [0.25, 0.3) is 0 Å². The zero-order chi connectivity index (χ0) is 14.7. The van der Waals surface area contributed by atoms with Crippen LogP contribution in [0.1, 0.15) is 11.1 Å². The number of anilines is 1. The van der Waals surface area contributed by atoms with Gasteiger partial charge in [-0.2, -0.15) is 0 Å². The van der Waals surface area contributed by atoms with Gasteiger partial charge in [0.05, 0.1) is 12.1 Å². The molecule has 0 saturated heterocycles. The van der Waals surface area contributed by atoms with Crippen LogP contribution in [0.4, 0.5) is 5.82 Å². The van der Waals surface area contributed by atoms with Gasteiger partial charge in [-0.05, 0) is 36.9 Å². The average molecular weight is 299 g/mol. The highest BCUT2D eigenvalue weighted by Crippen LogP contribution is 2.28. The lowest BCUT2D eigenvalue weighted by atomic mass is 10.2. The number of nitrogens with zero attached hydrogens (tertiary/aromatic N) is 2. The number of hydrogen-bond acceptors (Lipinski definition) is 5. The molecule has 0 aliphatic carbocycles. The third-order valence-corrected chi connectivity index (χ3v) is 4.52. The number of ether oxygens (including phenoxy) is 1. The first-order chi connectivity index (χ1) is 10.3. The van der Waals surface area contributed by atoms with Crippen molar-refractivity contribution in [2.75, 3.05) is 18.5 Å². The van der Waals surface area contributed by atoms with E-state index in [1.54, 1.807) is 17.7 Å². The van der Waals surface area contributed by atoms with Gasteiger partial charge in [0.1, 0.15) is 18.8 Å². The topological polar surface area (TPSA) is 47.0 Å². The second-order valence-corrected chi connectivity index (χ2v) is 5.69. The van der Waals surface area contributed by atoms with Gasteiger partial charge >= 0.3 is 0 Å². The van der Waals surface area contributed by atoms with Gasteiger partial charge in [-0.25, -0.2) is 9.97 Å². The van der Waals surface area contributed by atoms with Crippen LogP contribution in [-0.2, 0) is 0 Å². The fourth-order valence-electron chi connectivity index (χ4n) is 2.08. The molecule has 2 heterocycles. The molecule has 1 N–H and O–H groups in total. The van der Waals surface area contributed by atoms with Crippen LogP contribution in [0.5, 0.6) is 5.06 Å². The predicted octanol–water partition coefficient (Wildman–Crippen LogP) is 3.80. The number of hydrogen-bond donors (Lipinski definition) is 1. The normalized spacial score (nSPS) is 10.8. The number of benzene rings is 1. The third-order valence-electron chi connectivity index (χ3n) is 3.41. The van der Waals surface area contributed by atoms with Crippen molar-refractivity contribution in [3.63, 3.8) is 0 Å². The summed E-state index contributed by atoms with van der Waals surface area (Å²) in [7, 11) is 0. The van der Waals surface area contributed by atoms with Crippen molar-refractivity contribution in [2.24, 2.45) is 0 Å². The number of thiophene rings is 1. The van der Waals surface area contributed by atoms with Crippen LogP contribution >= 0.6 is 11.3 Å². The quantitative estimate of drug-likeness (QED) is 0.728. The molecule has 1 aromatic carbocycles. The molecule has 0 amide bonds. The first-order valence-electron chi connectivity index (χ1n) is 6.87. The van der Waals surface area contributed by atoms with Crippen LogP contribution in [0.3, 0.4) is 0 Å². The standard InChI is InChI=1S/C16H17N3OS/c1-11-9-21-16(12(11)2)20-8-7-17-15-13-5-3-4-6-14(13)18-10-19-15/h3-6,9-10H,7-8H2,1-2H3,(H,17,18,19). The van der Waals surface area contributed by atoms with Gasteiger partial charge in [-0.1, -0.05) is 12.1 Å². The third kappa shape index (κ3) is 2.97. The summed E-state index contributed by atoms with van der Waals surface area (Å²) in [4.78, 5) is 8.55. The Kier molecular flexibility index (Phi) is 4.01. The Balaban J connectivity index is 1.61.